The van der Waals surface area contributed by atoms with Crippen LogP contribution in [0.4, 0.5) is 0 Å². The SMILES string of the molecule is CSc1cncc(Br)c1. The summed E-state index contributed by atoms with van der Waals surface area (Å²) in [6, 6.07) is 2.04. The molecule has 48 valence electrons. The summed E-state index contributed by atoms with van der Waals surface area (Å²) in [6.07, 6.45) is 5.65. The topological polar surface area (TPSA) is 12.9 Å². The number of aromatic nitrogens is 1. The molecule has 1 rings (SSSR count). The van der Waals surface area contributed by atoms with Crippen LogP contribution < -0.4 is 0 Å². The quantitative estimate of drug-likeness (QED) is 0.652. The fraction of sp³-hybridized carbons (Fsp3) is 0.167. The minimum atomic E-state index is 1.04. The monoisotopic (exact) mass is 203 g/mol. The van der Waals surface area contributed by atoms with Crippen molar-refractivity contribution in [3.63, 3.8) is 0 Å². The van der Waals surface area contributed by atoms with Gasteiger partial charge in [0, 0.05) is 21.8 Å². The van der Waals surface area contributed by atoms with Crippen molar-refractivity contribution in [2.45, 2.75) is 4.90 Å². The maximum absolute atomic E-state index is 3.99. The van der Waals surface area contributed by atoms with Crippen LogP contribution in [0.1, 0.15) is 0 Å². The summed E-state index contributed by atoms with van der Waals surface area (Å²) < 4.78 is 1.04. The molecule has 1 nitrogen and oxygen atoms in total. The average Bonchev–Trinajstić information content (AvgIpc) is 1.88. The first-order chi connectivity index (χ1) is 4.33. The molecular formula is C6H6BrNS. The second-order valence-corrected chi connectivity index (χ2v) is 3.34. The Morgan fingerprint density at radius 3 is 2.78 bits per heavy atom. The van der Waals surface area contributed by atoms with Crippen LogP contribution in [-0.4, -0.2) is 11.2 Å². The zero-order valence-electron chi connectivity index (χ0n) is 4.97. The van der Waals surface area contributed by atoms with Crippen LogP contribution in [0.3, 0.4) is 0 Å². The van der Waals surface area contributed by atoms with Crippen LogP contribution >= 0.6 is 27.7 Å². The Morgan fingerprint density at radius 1 is 1.56 bits per heavy atom. The number of hydrogen-bond donors (Lipinski definition) is 0. The van der Waals surface area contributed by atoms with Gasteiger partial charge in [-0.15, -0.1) is 11.8 Å². The van der Waals surface area contributed by atoms with Crippen LogP contribution in [0.2, 0.25) is 0 Å². The Morgan fingerprint density at radius 2 is 2.33 bits per heavy atom. The molecule has 0 N–H and O–H groups in total. The Balaban J connectivity index is 2.94. The highest BCUT2D eigenvalue weighted by atomic mass is 79.9. The highest BCUT2D eigenvalue weighted by Gasteiger charge is 1.89. The van der Waals surface area contributed by atoms with Gasteiger partial charge >= 0.3 is 0 Å². The first-order valence-corrected chi connectivity index (χ1v) is 4.49. The van der Waals surface area contributed by atoms with Gasteiger partial charge in [-0.1, -0.05) is 0 Å². The Labute approximate surface area is 67.0 Å². The Hall–Kier alpha value is -0.0200. The molecule has 0 saturated carbocycles. The lowest BCUT2D eigenvalue weighted by molar-refractivity contribution is 1.22. The summed E-state index contributed by atoms with van der Waals surface area (Å²) in [5, 5.41) is 0. The van der Waals surface area contributed by atoms with Gasteiger partial charge in [0.1, 0.15) is 0 Å². The van der Waals surface area contributed by atoms with E-state index in [1.807, 2.05) is 18.5 Å². The molecule has 9 heavy (non-hydrogen) atoms. The van der Waals surface area contributed by atoms with E-state index in [-0.39, 0.29) is 0 Å². The van der Waals surface area contributed by atoms with E-state index in [0.717, 1.165) is 4.47 Å². The van der Waals surface area contributed by atoms with E-state index in [2.05, 4.69) is 20.9 Å². The molecule has 1 heterocycles. The number of thioether (sulfide) groups is 1. The smallest absolute Gasteiger partial charge is 0.0411 e. The van der Waals surface area contributed by atoms with E-state index in [4.69, 9.17) is 0 Å². The third-order valence-corrected chi connectivity index (χ3v) is 2.04. The fourth-order valence-electron chi connectivity index (χ4n) is 0.504. The van der Waals surface area contributed by atoms with E-state index in [0.29, 0.717) is 0 Å². The minimum absolute atomic E-state index is 1.04. The summed E-state index contributed by atoms with van der Waals surface area (Å²) >= 11 is 5.02. The second-order valence-electron chi connectivity index (χ2n) is 1.54. The molecule has 0 amide bonds. The van der Waals surface area contributed by atoms with Crippen molar-refractivity contribution >= 4 is 27.7 Å². The molecule has 0 aliphatic carbocycles. The molecule has 0 unspecified atom stereocenters. The largest absolute Gasteiger partial charge is 0.262 e. The van der Waals surface area contributed by atoms with Crippen molar-refractivity contribution < 1.29 is 0 Å². The molecule has 0 spiro atoms. The first kappa shape index (κ1) is 7.09. The lowest BCUT2D eigenvalue weighted by atomic mass is 10.5. The lowest BCUT2D eigenvalue weighted by Gasteiger charge is -1.92. The summed E-state index contributed by atoms with van der Waals surface area (Å²) in [5.74, 6) is 0. The van der Waals surface area contributed by atoms with Crippen molar-refractivity contribution in [1.82, 2.24) is 4.98 Å². The molecule has 0 saturated heterocycles. The van der Waals surface area contributed by atoms with Crippen LogP contribution in [0.25, 0.3) is 0 Å². The number of rotatable bonds is 1. The maximum Gasteiger partial charge on any atom is 0.0411 e. The van der Waals surface area contributed by atoms with Gasteiger partial charge in [-0.3, -0.25) is 4.98 Å². The van der Waals surface area contributed by atoms with Gasteiger partial charge in [-0.2, -0.15) is 0 Å². The predicted octanol–water partition coefficient (Wildman–Crippen LogP) is 2.57. The van der Waals surface area contributed by atoms with Crippen molar-refractivity contribution in [1.29, 1.82) is 0 Å². The molecule has 0 aliphatic rings. The highest BCUT2D eigenvalue weighted by Crippen LogP contribution is 2.17. The lowest BCUT2D eigenvalue weighted by Crippen LogP contribution is -1.72. The highest BCUT2D eigenvalue weighted by molar-refractivity contribution is 9.10. The second kappa shape index (κ2) is 3.22. The van der Waals surface area contributed by atoms with E-state index < -0.39 is 0 Å². The Bertz CT molecular complexity index is 202. The van der Waals surface area contributed by atoms with Crippen LogP contribution in [-0.2, 0) is 0 Å². The third-order valence-electron chi connectivity index (χ3n) is 0.915. The standard InChI is InChI=1S/C6H6BrNS/c1-9-6-2-5(7)3-8-4-6/h2-4H,1H3. The van der Waals surface area contributed by atoms with Gasteiger partial charge in [0.25, 0.3) is 0 Å². The van der Waals surface area contributed by atoms with Gasteiger partial charge in [0.15, 0.2) is 0 Å². The molecule has 0 atom stereocenters. The van der Waals surface area contributed by atoms with Crippen molar-refractivity contribution in [2.24, 2.45) is 0 Å². The van der Waals surface area contributed by atoms with Crippen LogP contribution in [0.15, 0.2) is 27.8 Å². The molecule has 0 bridgehead atoms. The molecule has 3 heteroatoms. The summed E-state index contributed by atoms with van der Waals surface area (Å²) in [7, 11) is 0. The number of hydrogen-bond acceptors (Lipinski definition) is 2. The normalized spacial score (nSPS) is 9.56. The molecular weight excluding hydrogens is 198 g/mol. The van der Waals surface area contributed by atoms with Crippen molar-refractivity contribution in [3.8, 4) is 0 Å². The zero-order chi connectivity index (χ0) is 6.69. The molecule has 1 aromatic heterocycles. The van der Waals surface area contributed by atoms with Crippen molar-refractivity contribution in [3.05, 3.63) is 22.9 Å². The van der Waals surface area contributed by atoms with Gasteiger partial charge in [-0.25, -0.2) is 0 Å². The van der Waals surface area contributed by atoms with Gasteiger partial charge in [0.05, 0.1) is 0 Å². The zero-order valence-corrected chi connectivity index (χ0v) is 7.37. The van der Waals surface area contributed by atoms with Gasteiger partial charge in [0.2, 0.25) is 0 Å². The number of pyridine rings is 1. The summed E-state index contributed by atoms with van der Waals surface area (Å²) in [6.45, 7) is 0. The summed E-state index contributed by atoms with van der Waals surface area (Å²) in [5.41, 5.74) is 0. The molecule has 0 aromatic carbocycles. The minimum Gasteiger partial charge on any atom is -0.262 e. The summed E-state index contributed by atoms with van der Waals surface area (Å²) in [4.78, 5) is 5.17. The van der Waals surface area contributed by atoms with Crippen LogP contribution in [0.5, 0.6) is 0 Å². The number of nitrogens with zero attached hydrogens (tertiary/aromatic N) is 1. The van der Waals surface area contributed by atoms with Crippen molar-refractivity contribution in [2.75, 3.05) is 6.26 Å². The molecule has 0 fully saturated rings. The van der Waals surface area contributed by atoms with E-state index in [1.165, 1.54) is 4.90 Å². The molecule has 1 aromatic rings. The fourth-order valence-corrected chi connectivity index (χ4v) is 1.43. The first-order valence-electron chi connectivity index (χ1n) is 2.47. The van der Waals surface area contributed by atoms with Gasteiger partial charge in [-0.05, 0) is 28.3 Å². The molecule has 0 aliphatic heterocycles. The molecule has 0 radical (unpaired) electrons. The number of halogens is 1. The maximum atomic E-state index is 3.99. The van der Waals surface area contributed by atoms with Gasteiger partial charge < -0.3 is 0 Å². The van der Waals surface area contributed by atoms with E-state index >= 15 is 0 Å². The third kappa shape index (κ3) is 1.99. The average molecular weight is 204 g/mol. The predicted molar refractivity (Wildman–Crippen MR) is 43.7 cm³/mol. The van der Waals surface area contributed by atoms with E-state index in [9.17, 15) is 0 Å². The van der Waals surface area contributed by atoms with E-state index in [1.54, 1.807) is 18.0 Å². The Kier molecular flexibility index (Phi) is 2.54. The van der Waals surface area contributed by atoms with Crippen LogP contribution in [0, 0.1) is 0 Å².